The van der Waals surface area contributed by atoms with Crippen LogP contribution >= 0.6 is 0 Å². The molecule has 1 aliphatic rings. The molecule has 7 aromatic carbocycles. The van der Waals surface area contributed by atoms with Crippen LogP contribution in [0.15, 0.2) is 194 Å². The Balaban J connectivity index is 1.23. The van der Waals surface area contributed by atoms with Crippen LogP contribution in [-0.2, 0) is 0 Å². The van der Waals surface area contributed by atoms with Crippen molar-refractivity contribution in [1.29, 1.82) is 0 Å². The maximum atomic E-state index is 12.0. The summed E-state index contributed by atoms with van der Waals surface area (Å²) < 4.78 is 2.32. The van der Waals surface area contributed by atoms with Gasteiger partial charge >= 0.3 is 0 Å². The summed E-state index contributed by atoms with van der Waals surface area (Å²) >= 11 is 0. The first kappa shape index (κ1) is 31.2. The Morgan fingerprint density at radius 1 is 0.500 bits per heavy atom. The number of aliphatic hydroxyl groups excluding tert-OH is 2. The highest BCUT2D eigenvalue weighted by molar-refractivity contribution is 6.11. The molecule has 0 bridgehead atoms. The molecule has 0 fully saturated rings. The normalized spacial score (nSPS) is 16.1. The molecule has 0 amide bonds. The van der Waals surface area contributed by atoms with E-state index >= 15 is 0 Å². The van der Waals surface area contributed by atoms with Crippen LogP contribution in [0.3, 0.4) is 0 Å². The summed E-state index contributed by atoms with van der Waals surface area (Å²) in [5, 5.41) is 26.1. The van der Waals surface area contributed by atoms with E-state index < -0.39 is 5.92 Å². The number of allylic oxidation sites excluding steroid dienone is 2. The number of benzene rings is 7. The van der Waals surface area contributed by atoms with Crippen LogP contribution in [0.2, 0.25) is 0 Å². The average Bonchev–Trinajstić information content (AvgIpc) is 3.53. The Morgan fingerprint density at radius 3 is 1.73 bits per heavy atom. The second-order valence-electron chi connectivity index (χ2n) is 13.4. The molecule has 2 N–H and O–H groups in total. The largest absolute Gasteiger partial charge is 0.506 e. The van der Waals surface area contributed by atoms with E-state index in [1.165, 1.54) is 5.56 Å². The fourth-order valence-corrected chi connectivity index (χ4v) is 7.70. The van der Waals surface area contributed by atoms with Gasteiger partial charge in [-0.25, -0.2) is 0 Å². The molecule has 0 saturated carbocycles. The third-order valence-electron chi connectivity index (χ3n) is 10.3. The molecule has 0 aliphatic carbocycles. The molecule has 9 rings (SSSR count). The van der Waals surface area contributed by atoms with Crippen molar-refractivity contribution in [3.63, 3.8) is 0 Å². The van der Waals surface area contributed by atoms with Crippen molar-refractivity contribution < 1.29 is 10.2 Å². The number of nitrogens with zero attached hydrogens (tertiary/aromatic N) is 2. The summed E-state index contributed by atoms with van der Waals surface area (Å²) in [4.78, 5) is 1.72. The molecule has 1 aliphatic heterocycles. The van der Waals surface area contributed by atoms with Crippen LogP contribution in [0.5, 0.6) is 0 Å². The number of aliphatic hydroxyl groups is 2. The van der Waals surface area contributed by atoms with Crippen molar-refractivity contribution in [1.82, 2.24) is 4.57 Å². The Kier molecular flexibility index (Phi) is 7.71. The average molecular weight is 673 g/mol. The fraction of sp³-hybridized carbons (Fsp3) is 0.0417. The lowest BCUT2D eigenvalue weighted by molar-refractivity contribution is 0.294. The summed E-state index contributed by atoms with van der Waals surface area (Å²) in [6, 6.07) is 60.2. The summed E-state index contributed by atoms with van der Waals surface area (Å²) in [5.74, 6) is -0.815. The van der Waals surface area contributed by atoms with Crippen molar-refractivity contribution in [2.75, 3.05) is 4.90 Å². The van der Waals surface area contributed by atoms with Crippen LogP contribution in [0.4, 0.5) is 11.4 Å². The van der Waals surface area contributed by atoms with Gasteiger partial charge in [0.2, 0.25) is 5.88 Å². The van der Waals surface area contributed by atoms with Gasteiger partial charge in [-0.05, 0) is 94.4 Å². The smallest absolute Gasteiger partial charge is 0.235 e. The third-order valence-corrected chi connectivity index (χ3v) is 10.3. The fourth-order valence-electron chi connectivity index (χ4n) is 7.70. The van der Waals surface area contributed by atoms with Gasteiger partial charge in [0.25, 0.3) is 0 Å². The standard InChI is InChI=1S/C48H36N2O2/c1-32-29-41(47(51)48(52)50(38-17-9-4-10-18-38)44-20-12-11-19-40(32)44)37-24-28-46-43(31-37)42-30-36(34-15-7-3-8-16-34)23-27-45(42)49(46)39-25-21-35(22-26-39)33-13-5-2-6-14-33/h2-28,30-31,41,51-52H,1,29H2/b48-47-. The molecule has 1 aromatic heterocycles. The van der Waals surface area contributed by atoms with Gasteiger partial charge in [0.15, 0.2) is 5.76 Å². The molecular formula is C48H36N2O2. The lowest BCUT2D eigenvalue weighted by Gasteiger charge is -2.32. The van der Waals surface area contributed by atoms with E-state index in [0.29, 0.717) is 6.42 Å². The molecular weight excluding hydrogens is 637 g/mol. The van der Waals surface area contributed by atoms with E-state index in [2.05, 4.69) is 120 Å². The SMILES string of the molecule is C=C1CC(c2ccc3c(c2)c2cc(-c4ccccc4)ccc2n3-c2ccc(-c3ccccc3)cc2)/C(O)=C(/O)N(c2ccccc2)c2ccccc21. The van der Waals surface area contributed by atoms with Crippen LogP contribution in [0.1, 0.15) is 23.5 Å². The van der Waals surface area contributed by atoms with Crippen LogP contribution in [0, 0.1) is 0 Å². The molecule has 0 radical (unpaired) electrons. The minimum atomic E-state index is -0.530. The zero-order valence-corrected chi connectivity index (χ0v) is 28.5. The van der Waals surface area contributed by atoms with E-state index in [4.69, 9.17) is 0 Å². The Hall–Kier alpha value is -6.78. The van der Waals surface area contributed by atoms with E-state index in [0.717, 1.165) is 72.3 Å². The number of rotatable bonds is 5. The van der Waals surface area contributed by atoms with Gasteiger partial charge in [-0.1, -0.05) is 128 Å². The van der Waals surface area contributed by atoms with Gasteiger partial charge in [0.1, 0.15) is 0 Å². The zero-order valence-electron chi connectivity index (χ0n) is 28.5. The molecule has 250 valence electrons. The van der Waals surface area contributed by atoms with Gasteiger partial charge in [0, 0.05) is 27.7 Å². The summed E-state index contributed by atoms with van der Waals surface area (Å²) in [6.45, 7) is 4.50. The minimum absolute atomic E-state index is 0.0935. The van der Waals surface area contributed by atoms with Crippen molar-refractivity contribution in [3.8, 4) is 27.9 Å². The maximum absolute atomic E-state index is 12.0. The van der Waals surface area contributed by atoms with Crippen LogP contribution in [0.25, 0.3) is 55.3 Å². The van der Waals surface area contributed by atoms with Crippen LogP contribution in [-0.4, -0.2) is 14.8 Å². The predicted molar refractivity (Wildman–Crippen MR) is 215 cm³/mol. The van der Waals surface area contributed by atoms with Gasteiger partial charge in [-0.15, -0.1) is 0 Å². The summed E-state index contributed by atoms with van der Waals surface area (Å²) in [6.07, 6.45) is 0.440. The lowest BCUT2D eigenvalue weighted by Crippen LogP contribution is -2.23. The van der Waals surface area contributed by atoms with Gasteiger partial charge in [-0.2, -0.15) is 0 Å². The monoisotopic (exact) mass is 672 g/mol. The first-order chi connectivity index (χ1) is 25.5. The van der Waals surface area contributed by atoms with Gasteiger partial charge in [0.05, 0.1) is 22.6 Å². The number of hydrogen-bond acceptors (Lipinski definition) is 3. The molecule has 0 spiro atoms. The van der Waals surface area contributed by atoms with Crippen LogP contribution < -0.4 is 4.90 Å². The number of fused-ring (bicyclic) bond motifs is 4. The Bertz CT molecular complexity index is 2620. The quantitative estimate of drug-likeness (QED) is 0.191. The predicted octanol–water partition coefficient (Wildman–Crippen LogP) is 12.7. The van der Waals surface area contributed by atoms with Crippen molar-refractivity contribution in [2.24, 2.45) is 0 Å². The number of hydrogen-bond donors (Lipinski definition) is 2. The van der Waals surface area contributed by atoms with Gasteiger partial charge < -0.3 is 14.8 Å². The molecule has 4 heteroatoms. The van der Waals surface area contributed by atoms with Crippen molar-refractivity contribution in [2.45, 2.75) is 12.3 Å². The molecule has 52 heavy (non-hydrogen) atoms. The van der Waals surface area contributed by atoms with E-state index in [1.54, 1.807) is 4.90 Å². The Labute approximate surface area is 303 Å². The first-order valence-electron chi connectivity index (χ1n) is 17.6. The second kappa shape index (κ2) is 12.8. The molecule has 1 atom stereocenters. The topological polar surface area (TPSA) is 48.6 Å². The second-order valence-corrected chi connectivity index (χ2v) is 13.4. The molecule has 2 heterocycles. The van der Waals surface area contributed by atoms with E-state index in [9.17, 15) is 10.2 Å². The molecule has 1 unspecified atom stereocenters. The highest BCUT2D eigenvalue weighted by Gasteiger charge is 2.31. The minimum Gasteiger partial charge on any atom is -0.506 e. The van der Waals surface area contributed by atoms with Crippen molar-refractivity contribution in [3.05, 3.63) is 205 Å². The van der Waals surface area contributed by atoms with E-state index in [1.807, 2.05) is 66.7 Å². The number of aromatic nitrogens is 1. The third kappa shape index (κ3) is 5.33. The summed E-state index contributed by atoms with van der Waals surface area (Å²) in [7, 11) is 0. The molecule has 8 aromatic rings. The molecule has 0 saturated heterocycles. The van der Waals surface area contributed by atoms with Gasteiger partial charge in [-0.3, -0.25) is 4.90 Å². The maximum Gasteiger partial charge on any atom is 0.235 e. The lowest BCUT2D eigenvalue weighted by atomic mass is 9.85. The highest BCUT2D eigenvalue weighted by Crippen LogP contribution is 2.45. The van der Waals surface area contributed by atoms with E-state index in [-0.39, 0.29) is 11.6 Å². The first-order valence-corrected chi connectivity index (χ1v) is 17.6. The zero-order chi connectivity index (χ0) is 35.2. The highest BCUT2D eigenvalue weighted by atomic mass is 16.3. The molecule has 4 nitrogen and oxygen atoms in total. The summed E-state index contributed by atoms with van der Waals surface area (Å²) in [5.41, 5.74) is 12.1. The Morgan fingerprint density at radius 2 is 1.04 bits per heavy atom. The number of para-hydroxylation sites is 2. The van der Waals surface area contributed by atoms with Crippen molar-refractivity contribution >= 4 is 38.8 Å². The number of anilines is 2.